The van der Waals surface area contributed by atoms with Crippen LogP contribution in [0.2, 0.25) is 5.02 Å². The van der Waals surface area contributed by atoms with E-state index in [1.165, 1.54) is 18.2 Å². The molecule has 0 saturated carbocycles. The van der Waals surface area contributed by atoms with Crippen molar-refractivity contribution in [3.63, 3.8) is 0 Å². The predicted molar refractivity (Wildman–Crippen MR) is 82.4 cm³/mol. The van der Waals surface area contributed by atoms with Crippen LogP contribution in [0.3, 0.4) is 0 Å². The third-order valence-electron chi connectivity index (χ3n) is 2.98. The van der Waals surface area contributed by atoms with Crippen LogP contribution in [0.4, 0.5) is 4.39 Å². The van der Waals surface area contributed by atoms with Gasteiger partial charge in [-0.3, -0.25) is 0 Å². The van der Waals surface area contributed by atoms with E-state index in [0.717, 1.165) is 17.8 Å². The molecule has 0 aliphatic carbocycles. The van der Waals surface area contributed by atoms with Crippen LogP contribution in [0, 0.1) is 12.7 Å². The van der Waals surface area contributed by atoms with Crippen molar-refractivity contribution in [2.24, 2.45) is 0 Å². The fraction of sp³-hybridized carbons (Fsp3) is 0.312. The largest absolute Gasteiger partial charge is 0.437 e. The maximum atomic E-state index is 13.0. The fourth-order valence-electron chi connectivity index (χ4n) is 1.80. The van der Waals surface area contributed by atoms with Crippen molar-refractivity contribution in [2.75, 3.05) is 0 Å². The summed E-state index contributed by atoms with van der Waals surface area (Å²) in [5.41, 5.74) is 2.00. The summed E-state index contributed by atoms with van der Waals surface area (Å²) in [7, 11) is 0. The molecule has 0 radical (unpaired) electrons. The summed E-state index contributed by atoms with van der Waals surface area (Å²) in [6.07, 6.45) is 0. The first-order valence-electron chi connectivity index (χ1n) is 6.78. The van der Waals surface area contributed by atoms with Gasteiger partial charge in [-0.1, -0.05) is 31.5 Å². The molecule has 0 bridgehead atoms. The van der Waals surface area contributed by atoms with Crippen molar-refractivity contribution in [3.05, 3.63) is 52.4 Å². The molecular weight excluding hydrogens is 291 g/mol. The molecule has 0 spiro atoms. The highest BCUT2D eigenvalue weighted by Gasteiger charge is 2.08. The Hall–Kier alpha value is -1.65. The van der Waals surface area contributed by atoms with Gasteiger partial charge in [0, 0.05) is 24.3 Å². The number of rotatable bonds is 5. The maximum Gasteiger partial charge on any atom is 0.219 e. The molecule has 0 unspecified atom stereocenters. The normalized spacial score (nSPS) is 11.0. The lowest BCUT2D eigenvalue weighted by atomic mass is 10.2. The van der Waals surface area contributed by atoms with Crippen LogP contribution in [0.25, 0.3) is 0 Å². The first-order valence-corrected chi connectivity index (χ1v) is 7.16. The van der Waals surface area contributed by atoms with Crippen molar-refractivity contribution in [2.45, 2.75) is 33.4 Å². The second-order valence-corrected chi connectivity index (χ2v) is 5.51. The average molecular weight is 309 g/mol. The molecule has 2 rings (SSSR count). The Morgan fingerprint density at radius 1 is 1.29 bits per heavy atom. The number of ether oxygens (including phenoxy) is 1. The third-order valence-corrected chi connectivity index (χ3v) is 3.27. The third kappa shape index (κ3) is 4.41. The number of nitrogens with one attached hydrogen (secondary N) is 1. The second-order valence-electron chi connectivity index (χ2n) is 5.11. The zero-order valence-corrected chi connectivity index (χ0v) is 13.0. The summed E-state index contributed by atoms with van der Waals surface area (Å²) in [4.78, 5) is 4.40. The van der Waals surface area contributed by atoms with Gasteiger partial charge in [0.2, 0.25) is 5.88 Å². The van der Waals surface area contributed by atoms with Gasteiger partial charge in [0.25, 0.3) is 0 Å². The van der Waals surface area contributed by atoms with Crippen LogP contribution in [-0.4, -0.2) is 11.0 Å². The fourth-order valence-corrected chi connectivity index (χ4v) is 2.00. The molecule has 3 nitrogen and oxygen atoms in total. The monoisotopic (exact) mass is 308 g/mol. The molecule has 1 N–H and O–H groups in total. The summed E-state index contributed by atoms with van der Waals surface area (Å²) >= 11 is 5.93. The molecule has 1 heterocycles. The SMILES string of the molecule is Cc1nc(Oc2ccc(F)cc2Cl)ccc1CNC(C)C. The molecule has 5 heteroatoms. The molecular formula is C16H18ClFN2O. The molecule has 2 aromatic rings. The minimum Gasteiger partial charge on any atom is -0.437 e. The average Bonchev–Trinajstić information content (AvgIpc) is 2.41. The first-order chi connectivity index (χ1) is 9.95. The molecule has 112 valence electrons. The molecule has 1 aromatic heterocycles. The highest BCUT2D eigenvalue weighted by molar-refractivity contribution is 6.32. The number of nitrogens with zero attached hydrogens (tertiary/aromatic N) is 1. The van der Waals surface area contributed by atoms with E-state index in [1.54, 1.807) is 6.07 Å². The van der Waals surface area contributed by atoms with E-state index in [-0.39, 0.29) is 5.02 Å². The van der Waals surface area contributed by atoms with Gasteiger partial charge >= 0.3 is 0 Å². The molecule has 0 saturated heterocycles. The van der Waals surface area contributed by atoms with E-state index in [1.807, 2.05) is 13.0 Å². The Balaban J connectivity index is 2.12. The summed E-state index contributed by atoms with van der Waals surface area (Å²) in [5, 5.41) is 3.57. The molecule has 21 heavy (non-hydrogen) atoms. The summed E-state index contributed by atoms with van der Waals surface area (Å²) in [6, 6.07) is 8.16. The topological polar surface area (TPSA) is 34.1 Å². The van der Waals surface area contributed by atoms with Gasteiger partial charge in [-0.05, 0) is 30.7 Å². The Morgan fingerprint density at radius 3 is 2.67 bits per heavy atom. The van der Waals surface area contributed by atoms with Crippen LogP contribution in [0.1, 0.15) is 25.1 Å². The van der Waals surface area contributed by atoms with Gasteiger partial charge in [0.15, 0.2) is 0 Å². The highest BCUT2D eigenvalue weighted by atomic mass is 35.5. The lowest BCUT2D eigenvalue weighted by molar-refractivity contribution is 0.459. The van der Waals surface area contributed by atoms with Crippen molar-refractivity contribution < 1.29 is 9.13 Å². The van der Waals surface area contributed by atoms with Crippen molar-refractivity contribution in [1.82, 2.24) is 10.3 Å². The van der Waals surface area contributed by atoms with Crippen LogP contribution in [0.5, 0.6) is 11.6 Å². The van der Waals surface area contributed by atoms with E-state index in [9.17, 15) is 4.39 Å². The number of hydrogen-bond donors (Lipinski definition) is 1. The minimum absolute atomic E-state index is 0.222. The smallest absolute Gasteiger partial charge is 0.219 e. The Labute approximate surface area is 129 Å². The molecule has 0 atom stereocenters. The van der Waals surface area contributed by atoms with E-state index in [0.29, 0.717) is 17.7 Å². The highest BCUT2D eigenvalue weighted by Crippen LogP contribution is 2.29. The van der Waals surface area contributed by atoms with Crippen molar-refractivity contribution >= 4 is 11.6 Å². The van der Waals surface area contributed by atoms with Crippen molar-refractivity contribution in [3.8, 4) is 11.6 Å². The number of aromatic nitrogens is 1. The summed E-state index contributed by atoms with van der Waals surface area (Å²) < 4.78 is 18.6. The molecule has 1 aromatic carbocycles. The Bertz CT molecular complexity index is 632. The van der Waals surface area contributed by atoms with Gasteiger partial charge in [0.1, 0.15) is 11.6 Å². The van der Waals surface area contributed by atoms with Gasteiger partial charge in [0.05, 0.1) is 5.02 Å². The Morgan fingerprint density at radius 2 is 2.05 bits per heavy atom. The molecule has 0 fully saturated rings. The number of benzene rings is 1. The molecule has 0 aliphatic heterocycles. The number of pyridine rings is 1. The lowest BCUT2D eigenvalue weighted by Crippen LogP contribution is -2.22. The summed E-state index contributed by atoms with van der Waals surface area (Å²) in [5.74, 6) is 0.430. The lowest BCUT2D eigenvalue weighted by Gasteiger charge is -2.12. The van der Waals surface area contributed by atoms with E-state index < -0.39 is 5.82 Å². The number of hydrogen-bond acceptors (Lipinski definition) is 3. The van der Waals surface area contributed by atoms with Gasteiger partial charge < -0.3 is 10.1 Å². The zero-order valence-electron chi connectivity index (χ0n) is 12.3. The van der Waals surface area contributed by atoms with Crippen molar-refractivity contribution in [1.29, 1.82) is 0 Å². The van der Waals surface area contributed by atoms with Gasteiger partial charge in [-0.25, -0.2) is 9.37 Å². The minimum atomic E-state index is -0.397. The van der Waals surface area contributed by atoms with Crippen LogP contribution in [0.15, 0.2) is 30.3 Å². The Kier molecular flexibility index (Phi) is 5.15. The molecule has 0 amide bonds. The first kappa shape index (κ1) is 15.7. The van der Waals surface area contributed by atoms with Gasteiger partial charge in [-0.2, -0.15) is 0 Å². The van der Waals surface area contributed by atoms with Gasteiger partial charge in [-0.15, -0.1) is 0 Å². The van der Waals surface area contributed by atoms with Crippen LogP contribution in [-0.2, 0) is 6.54 Å². The second kappa shape index (κ2) is 6.87. The number of aryl methyl sites for hydroxylation is 1. The predicted octanol–water partition coefficient (Wildman–Crippen LogP) is 4.47. The van der Waals surface area contributed by atoms with E-state index in [4.69, 9.17) is 16.3 Å². The standard InChI is InChI=1S/C16H18ClFN2O/c1-10(2)19-9-12-4-7-16(20-11(12)3)21-15-6-5-13(18)8-14(15)17/h4-8,10,19H,9H2,1-3H3. The quantitative estimate of drug-likeness (QED) is 0.884. The maximum absolute atomic E-state index is 13.0. The molecule has 0 aliphatic rings. The zero-order chi connectivity index (χ0) is 15.4. The number of halogens is 2. The van der Waals surface area contributed by atoms with E-state index in [2.05, 4.69) is 24.1 Å². The van der Waals surface area contributed by atoms with E-state index >= 15 is 0 Å². The summed E-state index contributed by atoms with van der Waals surface area (Å²) in [6.45, 7) is 6.87. The van der Waals surface area contributed by atoms with Crippen LogP contribution < -0.4 is 10.1 Å². The van der Waals surface area contributed by atoms with Crippen LogP contribution >= 0.6 is 11.6 Å².